The molecule has 0 aliphatic carbocycles. The van der Waals surface area contributed by atoms with E-state index in [1.807, 2.05) is 25.1 Å². The number of ether oxygens (including phenoxy) is 1. The maximum Gasteiger partial charge on any atom is 0.243 e. The Morgan fingerprint density at radius 3 is 2.65 bits per heavy atom. The van der Waals surface area contributed by atoms with E-state index < -0.39 is 10.0 Å². The van der Waals surface area contributed by atoms with Crippen molar-refractivity contribution in [3.05, 3.63) is 29.8 Å². The van der Waals surface area contributed by atoms with Gasteiger partial charge in [0.25, 0.3) is 0 Å². The Bertz CT molecular complexity index is 626. The third kappa shape index (κ3) is 3.60. The molecule has 0 amide bonds. The highest BCUT2D eigenvalue weighted by Crippen LogP contribution is 2.26. The third-order valence-electron chi connectivity index (χ3n) is 4.89. The minimum Gasteiger partial charge on any atom is -0.379 e. The van der Waals surface area contributed by atoms with Gasteiger partial charge in [0.15, 0.2) is 0 Å². The summed E-state index contributed by atoms with van der Waals surface area (Å²) in [4.78, 5) is 2.86. The zero-order valence-electron chi connectivity index (χ0n) is 13.8. The van der Waals surface area contributed by atoms with Gasteiger partial charge in [-0.2, -0.15) is 4.31 Å². The molecule has 0 N–H and O–H groups in total. The Kier molecular flexibility index (Phi) is 5.36. The fourth-order valence-electron chi connectivity index (χ4n) is 3.57. The molecule has 0 saturated carbocycles. The zero-order chi connectivity index (χ0) is 16.3. The Morgan fingerprint density at radius 2 is 1.91 bits per heavy atom. The first-order valence-corrected chi connectivity index (χ1v) is 9.97. The van der Waals surface area contributed by atoms with Gasteiger partial charge in [-0.15, -0.1) is 0 Å². The fourth-order valence-corrected chi connectivity index (χ4v) is 5.38. The van der Waals surface area contributed by atoms with E-state index in [1.54, 1.807) is 10.4 Å². The first kappa shape index (κ1) is 16.9. The number of rotatable bonds is 4. The van der Waals surface area contributed by atoms with E-state index in [4.69, 9.17) is 4.74 Å². The molecule has 128 valence electrons. The van der Waals surface area contributed by atoms with Gasteiger partial charge < -0.3 is 4.74 Å². The van der Waals surface area contributed by atoms with Gasteiger partial charge in [0.1, 0.15) is 0 Å². The number of morpholine rings is 1. The van der Waals surface area contributed by atoms with Crippen LogP contribution in [0, 0.1) is 0 Å². The normalized spacial score (nSPS) is 24.7. The highest BCUT2D eigenvalue weighted by atomic mass is 32.2. The minimum atomic E-state index is -3.40. The molecule has 1 aromatic rings. The molecule has 3 rings (SSSR count). The molecule has 0 radical (unpaired) electrons. The number of piperidine rings is 1. The Balaban J connectivity index is 1.79. The van der Waals surface area contributed by atoms with E-state index in [0.29, 0.717) is 24.0 Å². The summed E-state index contributed by atoms with van der Waals surface area (Å²) in [7, 11) is -3.40. The fraction of sp³-hybridized carbons (Fsp3) is 0.647. The van der Waals surface area contributed by atoms with Crippen LogP contribution in [0.3, 0.4) is 0 Å². The van der Waals surface area contributed by atoms with E-state index in [1.165, 1.54) is 0 Å². The first-order chi connectivity index (χ1) is 11.1. The lowest BCUT2D eigenvalue weighted by Crippen LogP contribution is -2.52. The lowest BCUT2D eigenvalue weighted by Gasteiger charge is -2.40. The third-order valence-corrected chi connectivity index (χ3v) is 6.86. The van der Waals surface area contributed by atoms with Crippen molar-refractivity contribution in [3.63, 3.8) is 0 Å². The molecule has 0 bridgehead atoms. The number of hydrogen-bond acceptors (Lipinski definition) is 4. The molecule has 2 aliphatic rings. The van der Waals surface area contributed by atoms with Crippen molar-refractivity contribution in [2.45, 2.75) is 37.1 Å². The lowest BCUT2D eigenvalue weighted by molar-refractivity contribution is 0.00537. The summed E-state index contributed by atoms with van der Waals surface area (Å²) in [5.41, 5.74) is 0.904. The number of nitrogens with zero attached hydrogens (tertiary/aromatic N) is 2. The van der Waals surface area contributed by atoms with Crippen molar-refractivity contribution in [2.24, 2.45) is 0 Å². The second kappa shape index (κ2) is 7.30. The predicted octanol–water partition coefficient (Wildman–Crippen LogP) is 1.73. The molecule has 23 heavy (non-hydrogen) atoms. The van der Waals surface area contributed by atoms with Gasteiger partial charge in [-0.1, -0.05) is 25.1 Å². The summed E-state index contributed by atoms with van der Waals surface area (Å²) >= 11 is 0. The number of benzene rings is 1. The van der Waals surface area contributed by atoms with Crippen LogP contribution < -0.4 is 0 Å². The molecule has 2 saturated heterocycles. The molecule has 5 nitrogen and oxygen atoms in total. The van der Waals surface area contributed by atoms with Crippen LogP contribution in [0.4, 0.5) is 0 Å². The van der Waals surface area contributed by atoms with E-state index in [0.717, 1.165) is 51.1 Å². The average molecular weight is 338 g/mol. The SMILES string of the molecule is CCc1ccccc1S(=O)(=O)N1CCCC(N2CCOCC2)C1. The van der Waals surface area contributed by atoms with Gasteiger partial charge in [-0.3, -0.25) is 4.90 Å². The van der Waals surface area contributed by atoms with E-state index in [-0.39, 0.29) is 0 Å². The summed E-state index contributed by atoms with van der Waals surface area (Å²) in [5, 5.41) is 0. The molecule has 1 atom stereocenters. The highest BCUT2D eigenvalue weighted by molar-refractivity contribution is 7.89. The van der Waals surface area contributed by atoms with Crippen LogP contribution >= 0.6 is 0 Å². The molecule has 2 fully saturated rings. The Hall–Kier alpha value is -0.950. The van der Waals surface area contributed by atoms with Gasteiger partial charge in [0.05, 0.1) is 18.1 Å². The second-order valence-corrected chi connectivity index (χ2v) is 8.18. The first-order valence-electron chi connectivity index (χ1n) is 8.52. The van der Waals surface area contributed by atoms with Gasteiger partial charge in [0.2, 0.25) is 10.0 Å². The molecule has 0 spiro atoms. The van der Waals surface area contributed by atoms with Crippen molar-refractivity contribution < 1.29 is 13.2 Å². The molecule has 6 heteroatoms. The molecular formula is C17H26N2O3S. The second-order valence-electron chi connectivity index (χ2n) is 6.27. The minimum absolute atomic E-state index is 0.316. The van der Waals surface area contributed by atoms with E-state index >= 15 is 0 Å². The largest absolute Gasteiger partial charge is 0.379 e. The molecule has 2 heterocycles. The number of aryl methyl sites for hydroxylation is 1. The van der Waals surface area contributed by atoms with E-state index in [9.17, 15) is 8.42 Å². The monoisotopic (exact) mass is 338 g/mol. The van der Waals surface area contributed by atoms with Crippen LogP contribution in [0.25, 0.3) is 0 Å². The Labute approximate surface area is 139 Å². The molecule has 1 unspecified atom stereocenters. The summed E-state index contributed by atoms with van der Waals surface area (Å²) in [6.07, 6.45) is 2.73. The van der Waals surface area contributed by atoms with Crippen molar-refractivity contribution in [3.8, 4) is 0 Å². The standard InChI is InChI=1S/C17H26N2O3S/c1-2-15-6-3-4-8-17(15)23(20,21)19-9-5-7-16(14-19)18-10-12-22-13-11-18/h3-4,6,8,16H,2,5,7,9-14H2,1H3. The number of hydrogen-bond donors (Lipinski definition) is 0. The maximum absolute atomic E-state index is 13.1. The smallest absolute Gasteiger partial charge is 0.243 e. The van der Waals surface area contributed by atoms with Crippen LogP contribution in [0.5, 0.6) is 0 Å². The van der Waals surface area contributed by atoms with Crippen LogP contribution in [-0.4, -0.2) is 63.1 Å². The van der Waals surface area contributed by atoms with Crippen molar-refractivity contribution in [1.29, 1.82) is 0 Å². The van der Waals surface area contributed by atoms with Crippen molar-refractivity contribution >= 4 is 10.0 Å². The zero-order valence-corrected chi connectivity index (χ0v) is 14.6. The van der Waals surface area contributed by atoms with Crippen LogP contribution in [-0.2, 0) is 21.2 Å². The average Bonchev–Trinajstić information content (AvgIpc) is 2.62. The van der Waals surface area contributed by atoms with Crippen LogP contribution in [0.15, 0.2) is 29.2 Å². The molecule has 0 aromatic heterocycles. The summed E-state index contributed by atoms with van der Waals surface area (Å²) < 4.78 is 33.3. The lowest BCUT2D eigenvalue weighted by atomic mass is 10.1. The molecule has 2 aliphatic heterocycles. The number of sulfonamides is 1. The quantitative estimate of drug-likeness (QED) is 0.839. The van der Waals surface area contributed by atoms with E-state index in [2.05, 4.69) is 4.90 Å². The summed E-state index contributed by atoms with van der Waals surface area (Å²) in [5.74, 6) is 0. The maximum atomic E-state index is 13.1. The topological polar surface area (TPSA) is 49.9 Å². The molecule has 1 aromatic carbocycles. The summed E-state index contributed by atoms with van der Waals surface area (Å²) in [6.45, 7) is 6.54. The summed E-state index contributed by atoms with van der Waals surface area (Å²) in [6, 6.07) is 7.69. The van der Waals surface area contributed by atoms with Crippen LogP contribution in [0.1, 0.15) is 25.3 Å². The van der Waals surface area contributed by atoms with Gasteiger partial charge in [0, 0.05) is 32.2 Å². The van der Waals surface area contributed by atoms with Crippen LogP contribution in [0.2, 0.25) is 0 Å². The predicted molar refractivity (Wildman–Crippen MR) is 90.0 cm³/mol. The van der Waals surface area contributed by atoms with Crippen molar-refractivity contribution in [1.82, 2.24) is 9.21 Å². The van der Waals surface area contributed by atoms with Crippen molar-refractivity contribution in [2.75, 3.05) is 39.4 Å². The Morgan fingerprint density at radius 1 is 1.17 bits per heavy atom. The van der Waals surface area contributed by atoms with Gasteiger partial charge in [-0.05, 0) is 30.9 Å². The van der Waals surface area contributed by atoms with Gasteiger partial charge in [-0.25, -0.2) is 8.42 Å². The molecular weight excluding hydrogens is 312 g/mol. The highest BCUT2D eigenvalue weighted by Gasteiger charge is 2.34. The van der Waals surface area contributed by atoms with Gasteiger partial charge >= 0.3 is 0 Å².